The highest BCUT2D eigenvalue weighted by Crippen LogP contribution is 2.23. The minimum Gasteiger partial charge on any atom is -0.463 e. The Labute approximate surface area is 100 Å². The Bertz CT molecular complexity index is 643. The average Bonchev–Trinajstić information content (AvgIpc) is 2.88. The van der Waals surface area contributed by atoms with E-state index in [-0.39, 0.29) is 0 Å². The molecule has 80 valence electrons. The first-order valence-corrected chi connectivity index (χ1v) is 5.60. The predicted molar refractivity (Wildman–Crippen MR) is 63.1 cm³/mol. The molecule has 4 nitrogen and oxygen atoms in total. The highest BCUT2D eigenvalue weighted by Gasteiger charge is 2.09. The lowest BCUT2D eigenvalue weighted by Gasteiger charge is -2.02. The van der Waals surface area contributed by atoms with Crippen molar-refractivity contribution in [1.29, 1.82) is 0 Å². The first-order chi connectivity index (χ1) is 7.75. The van der Waals surface area contributed by atoms with Crippen molar-refractivity contribution < 1.29 is 4.42 Å². The van der Waals surface area contributed by atoms with Crippen LogP contribution >= 0.6 is 15.9 Å². The largest absolute Gasteiger partial charge is 0.463 e. The van der Waals surface area contributed by atoms with Crippen LogP contribution < -0.4 is 0 Å². The molecule has 0 unspecified atom stereocenters. The summed E-state index contributed by atoms with van der Waals surface area (Å²) in [6.45, 7) is 1.99. The molecule has 0 aliphatic heterocycles. The molecule has 0 N–H and O–H groups in total. The second-order valence-electron chi connectivity index (χ2n) is 3.49. The third-order valence-electron chi connectivity index (χ3n) is 2.38. The maximum atomic E-state index is 5.33. The summed E-state index contributed by atoms with van der Waals surface area (Å²) in [7, 11) is 0. The van der Waals surface area contributed by atoms with Crippen molar-refractivity contribution >= 4 is 21.6 Å². The van der Waals surface area contributed by atoms with Crippen LogP contribution in [-0.2, 0) is 0 Å². The topological polar surface area (TPSA) is 43.3 Å². The van der Waals surface area contributed by atoms with Crippen molar-refractivity contribution in [3.05, 3.63) is 40.8 Å². The Morgan fingerprint density at radius 3 is 3.06 bits per heavy atom. The fourth-order valence-electron chi connectivity index (χ4n) is 1.64. The van der Waals surface area contributed by atoms with Gasteiger partial charge < -0.3 is 4.42 Å². The zero-order valence-corrected chi connectivity index (χ0v) is 10.1. The van der Waals surface area contributed by atoms with E-state index in [1.807, 2.05) is 25.1 Å². The maximum absolute atomic E-state index is 5.33. The predicted octanol–water partition coefficient (Wildman–Crippen LogP) is 3.06. The molecule has 0 saturated heterocycles. The first-order valence-electron chi connectivity index (χ1n) is 4.80. The molecule has 3 rings (SSSR count). The van der Waals surface area contributed by atoms with Gasteiger partial charge >= 0.3 is 0 Å². The van der Waals surface area contributed by atoms with E-state index >= 15 is 0 Å². The fourth-order valence-corrected chi connectivity index (χ4v) is 1.98. The second kappa shape index (κ2) is 3.45. The summed E-state index contributed by atoms with van der Waals surface area (Å²) in [6, 6.07) is 5.69. The highest BCUT2D eigenvalue weighted by molar-refractivity contribution is 9.10. The van der Waals surface area contributed by atoms with Gasteiger partial charge in [-0.1, -0.05) is 0 Å². The SMILES string of the molecule is Cc1cc(-c2ccco2)nc2c(Br)cnn12. The molecule has 3 aromatic rings. The number of rotatable bonds is 1. The average molecular weight is 278 g/mol. The van der Waals surface area contributed by atoms with Gasteiger partial charge in [0.2, 0.25) is 0 Å². The van der Waals surface area contributed by atoms with Gasteiger partial charge in [-0.05, 0) is 41.1 Å². The van der Waals surface area contributed by atoms with Crippen LogP contribution in [0.3, 0.4) is 0 Å². The van der Waals surface area contributed by atoms with Crippen molar-refractivity contribution in [3.63, 3.8) is 0 Å². The zero-order valence-electron chi connectivity index (χ0n) is 8.51. The van der Waals surface area contributed by atoms with E-state index in [1.54, 1.807) is 17.0 Å². The van der Waals surface area contributed by atoms with E-state index in [0.717, 1.165) is 27.3 Å². The summed E-state index contributed by atoms with van der Waals surface area (Å²) < 4.78 is 8.00. The zero-order chi connectivity index (χ0) is 11.1. The Hall–Kier alpha value is -1.62. The molecular weight excluding hydrogens is 270 g/mol. The molecular formula is C11H8BrN3O. The molecule has 3 aromatic heterocycles. The number of nitrogens with zero attached hydrogens (tertiary/aromatic N) is 3. The normalized spacial score (nSPS) is 11.1. The Kier molecular flexibility index (Phi) is 2.07. The van der Waals surface area contributed by atoms with Gasteiger partial charge in [-0.2, -0.15) is 5.10 Å². The summed E-state index contributed by atoms with van der Waals surface area (Å²) in [5.41, 5.74) is 2.63. The van der Waals surface area contributed by atoms with E-state index < -0.39 is 0 Å². The number of hydrogen-bond acceptors (Lipinski definition) is 3. The van der Waals surface area contributed by atoms with Gasteiger partial charge in [-0.25, -0.2) is 9.50 Å². The van der Waals surface area contributed by atoms with Crippen LogP contribution in [0.4, 0.5) is 0 Å². The van der Waals surface area contributed by atoms with Gasteiger partial charge in [0, 0.05) is 5.69 Å². The summed E-state index contributed by atoms with van der Waals surface area (Å²) in [5, 5.41) is 4.22. The smallest absolute Gasteiger partial charge is 0.170 e. The monoisotopic (exact) mass is 277 g/mol. The molecule has 0 saturated carbocycles. The van der Waals surface area contributed by atoms with Crippen LogP contribution in [0.15, 0.2) is 39.5 Å². The molecule has 0 radical (unpaired) electrons. The van der Waals surface area contributed by atoms with Crippen molar-refractivity contribution in [2.24, 2.45) is 0 Å². The molecule has 0 spiro atoms. The Morgan fingerprint density at radius 1 is 1.44 bits per heavy atom. The van der Waals surface area contributed by atoms with Crippen molar-refractivity contribution in [1.82, 2.24) is 14.6 Å². The van der Waals surface area contributed by atoms with E-state index in [2.05, 4.69) is 26.0 Å². The first kappa shape index (κ1) is 9.59. The maximum Gasteiger partial charge on any atom is 0.170 e. The molecule has 0 bridgehead atoms. The number of furan rings is 1. The van der Waals surface area contributed by atoms with Crippen LogP contribution in [-0.4, -0.2) is 14.6 Å². The summed E-state index contributed by atoms with van der Waals surface area (Å²) in [6.07, 6.45) is 3.38. The number of hydrogen-bond donors (Lipinski definition) is 0. The van der Waals surface area contributed by atoms with Gasteiger partial charge in [0.05, 0.1) is 16.9 Å². The van der Waals surface area contributed by atoms with Crippen molar-refractivity contribution in [3.8, 4) is 11.5 Å². The molecule has 0 fully saturated rings. The number of aromatic nitrogens is 3. The summed E-state index contributed by atoms with van der Waals surface area (Å²) in [4.78, 5) is 4.50. The van der Waals surface area contributed by atoms with Gasteiger partial charge in [-0.3, -0.25) is 0 Å². The third kappa shape index (κ3) is 1.36. The molecule has 16 heavy (non-hydrogen) atoms. The summed E-state index contributed by atoms with van der Waals surface area (Å²) >= 11 is 3.42. The standard InChI is InChI=1S/C11H8BrN3O/c1-7-5-9(10-3-2-4-16-10)14-11-8(12)6-13-15(7)11/h2-6H,1H3. The second-order valence-corrected chi connectivity index (χ2v) is 4.34. The van der Waals surface area contributed by atoms with Crippen molar-refractivity contribution in [2.45, 2.75) is 6.92 Å². The van der Waals surface area contributed by atoms with Gasteiger partial charge in [-0.15, -0.1) is 0 Å². The number of aryl methyl sites for hydroxylation is 1. The Morgan fingerprint density at radius 2 is 2.31 bits per heavy atom. The molecule has 0 atom stereocenters. The molecule has 0 aliphatic rings. The van der Waals surface area contributed by atoms with Crippen LogP contribution in [0.25, 0.3) is 17.1 Å². The quantitative estimate of drug-likeness (QED) is 0.687. The molecule has 5 heteroatoms. The van der Waals surface area contributed by atoms with E-state index in [4.69, 9.17) is 4.42 Å². The summed E-state index contributed by atoms with van der Waals surface area (Å²) in [5.74, 6) is 0.763. The van der Waals surface area contributed by atoms with Crippen LogP contribution in [0.1, 0.15) is 5.69 Å². The van der Waals surface area contributed by atoms with Gasteiger partial charge in [0.15, 0.2) is 11.4 Å². The molecule has 0 aliphatic carbocycles. The minimum absolute atomic E-state index is 0.763. The van der Waals surface area contributed by atoms with Gasteiger partial charge in [0.25, 0.3) is 0 Å². The van der Waals surface area contributed by atoms with E-state index in [0.29, 0.717) is 0 Å². The Balaban J connectivity index is 2.32. The van der Waals surface area contributed by atoms with Crippen LogP contribution in [0, 0.1) is 6.92 Å². The fraction of sp³-hybridized carbons (Fsp3) is 0.0909. The van der Waals surface area contributed by atoms with E-state index in [1.165, 1.54) is 0 Å². The molecule has 0 amide bonds. The number of fused-ring (bicyclic) bond motifs is 1. The molecule has 3 heterocycles. The van der Waals surface area contributed by atoms with Crippen molar-refractivity contribution in [2.75, 3.05) is 0 Å². The van der Waals surface area contributed by atoms with Crippen LogP contribution in [0.2, 0.25) is 0 Å². The lowest BCUT2D eigenvalue weighted by atomic mass is 10.3. The van der Waals surface area contributed by atoms with E-state index in [9.17, 15) is 0 Å². The lowest BCUT2D eigenvalue weighted by Crippen LogP contribution is -1.96. The highest BCUT2D eigenvalue weighted by atomic mass is 79.9. The molecule has 0 aromatic carbocycles. The third-order valence-corrected chi connectivity index (χ3v) is 2.94. The lowest BCUT2D eigenvalue weighted by molar-refractivity contribution is 0.580. The van der Waals surface area contributed by atoms with Gasteiger partial charge in [0.1, 0.15) is 5.69 Å². The minimum atomic E-state index is 0.763. The van der Waals surface area contributed by atoms with Crippen LogP contribution in [0.5, 0.6) is 0 Å². The number of halogens is 1.